The monoisotopic (exact) mass is 486 g/mol. The van der Waals surface area contributed by atoms with Crippen LogP contribution in [0, 0.1) is 6.92 Å². The number of benzene rings is 2. The quantitative estimate of drug-likeness (QED) is 0.620. The van der Waals surface area contributed by atoms with Crippen LogP contribution in [0.5, 0.6) is 0 Å². The molecule has 9 nitrogen and oxygen atoms in total. The molecule has 0 bridgehead atoms. The van der Waals surface area contributed by atoms with Crippen LogP contribution in [0.15, 0.2) is 53.4 Å². The van der Waals surface area contributed by atoms with Crippen molar-refractivity contribution in [3.63, 3.8) is 0 Å². The van der Waals surface area contributed by atoms with Crippen molar-refractivity contribution in [2.45, 2.75) is 30.7 Å². The number of rotatable bonds is 7. The SMILES string of the molecule is Cc1ccc(S(=O)(=O)N2CCC[C@H]2C(=O)Nc2ccc(NC(=O)CN3CCOCC3)cc2)cc1. The van der Waals surface area contributed by atoms with E-state index in [0.717, 1.165) is 18.7 Å². The summed E-state index contributed by atoms with van der Waals surface area (Å²) in [5.41, 5.74) is 2.13. The molecule has 0 aliphatic carbocycles. The van der Waals surface area contributed by atoms with Gasteiger partial charge in [0.05, 0.1) is 24.7 Å². The van der Waals surface area contributed by atoms with E-state index in [9.17, 15) is 18.0 Å². The van der Waals surface area contributed by atoms with Crippen LogP contribution in [0.4, 0.5) is 11.4 Å². The predicted molar refractivity (Wildman–Crippen MR) is 129 cm³/mol. The fraction of sp³-hybridized carbons (Fsp3) is 0.417. The van der Waals surface area contributed by atoms with Gasteiger partial charge in [-0.1, -0.05) is 17.7 Å². The van der Waals surface area contributed by atoms with Crippen LogP contribution in [-0.2, 0) is 24.3 Å². The zero-order chi connectivity index (χ0) is 24.1. The minimum atomic E-state index is -3.76. The molecule has 0 aromatic heterocycles. The highest BCUT2D eigenvalue weighted by Gasteiger charge is 2.39. The molecular formula is C24H30N4O5S. The van der Waals surface area contributed by atoms with Gasteiger partial charge in [-0.05, 0) is 56.2 Å². The third-order valence-corrected chi connectivity index (χ3v) is 7.96. The van der Waals surface area contributed by atoms with Crippen LogP contribution in [0.1, 0.15) is 18.4 Å². The Bertz CT molecular complexity index is 1110. The molecule has 34 heavy (non-hydrogen) atoms. The zero-order valence-corrected chi connectivity index (χ0v) is 20.0. The zero-order valence-electron chi connectivity index (χ0n) is 19.2. The lowest BCUT2D eigenvalue weighted by atomic mass is 10.2. The first-order chi connectivity index (χ1) is 16.3. The van der Waals surface area contributed by atoms with Gasteiger partial charge in [-0.2, -0.15) is 4.31 Å². The molecule has 1 atom stereocenters. The van der Waals surface area contributed by atoms with Gasteiger partial charge < -0.3 is 15.4 Å². The van der Waals surface area contributed by atoms with E-state index >= 15 is 0 Å². The Hall–Kier alpha value is -2.79. The van der Waals surface area contributed by atoms with Crippen molar-refractivity contribution in [1.82, 2.24) is 9.21 Å². The lowest BCUT2D eigenvalue weighted by molar-refractivity contribution is -0.119. The molecule has 2 heterocycles. The van der Waals surface area contributed by atoms with Crippen molar-refractivity contribution in [3.05, 3.63) is 54.1 Å². The van der Waals surface area contributed by atoms with E-state index in [2.05, 4.69) is 10.6 Å². The normalized spacial score (nSPS) is 19.6. The van der Waals surface area contributed by atoms with E-state index in [0.29, 0.717) is 50.5 Å². The van der Waals surface area contributed by atoms with Gasteiger partial charge in [0.2, 0.25) is 21.8 Å². The first-order valence-corrected chi connectivity index (χ1v) is 12.9. The number of nitrogens with one attached hydrogen (secondary N) is 2. The van der Waals surface area contributed by atoms with Gasteiger partial charge >= 0.3 is 0 Å². The average Bonchev–Trinajstić information content (AvgIpc) is 3.32. The van der Waals surface area contributed by atoms with E-state index in [1.54, 1.807) is 48.5 Å². The Morgan fingerprint density at radius 3 is 2.21 bits per heavy atom. The summed E-state index contributed by atoms with van der Waals surface area (Å²) in [6.45, 7) is 5.23. The molecule has 182 valence electrons. The first-order valence-electron chi connectivity index (χ1n) is 11.4. The van der Waals surface area contributed by atoms with E-state index in [1.165, 1.54) is 4.31 Å². The van der Waals surface area contributed by atoms with Gasteiger partial charge in [-0.15, -0.1) is 0 Å². The molecule has 0 spiro atoms. The molecule has 0 saturated carbocycles. The van der Waals surface area contributed by atoms with Crippen LogP contribution in [0.2, 0.25) is 0 Å². The standard InChI is InChI=1S/C24H30N4O5S/c1-18-4-10-21(11-5-18)34(31,32)28-12-2-3-22(28)24(30)26-20-8-6-19(7-9-20)25-23(29)17-27-13-15-33-16-14-27/h4-11,22H,2-3,12-17H2,1H3,(H,25,29)(H,26,30)/t22-/m0/s1. The number of hydrogen-bond donors (Lipinski definition) is 2. The number of carbonyl (C=O) groups is 2. The second kappa shape index (κ2) is 10.6. The summed E-state index contributed by atoms with van der Waals surface area (Å²) in [5, 5.41) is 5.67. The van der Waals surface area contributed by atoms with Crippen molar-refractivity contribution >= 4 is 33.2 Å². The maximum absolute atomic E-state index is 13.1. The summed E-state index contributed by atoms with van der Waals surface area (Å²) < 4.78 is 32.8. The number of hydrogen-bond acceptors (Lipinski definition) is 6. The Morgan fingerprint density at radius 1 is 0.941 bits per heavy atom. The number of morpholine rings is 1. The van der Waals surface area contributed by atoms with Crippen LogP contribution in [0.3, 0.4) is 0 Å². The lowest BCUT2D eigenvalue weighted by Crippen LogP contribution is -2.43. The van der Waals surface area contributed by atoms with Gasteiger partial charge in [-0.3, -0.25) is 14.5 Å². The summed E-state index contributed by atoms with van der Waals surface area (Å²) in [7, 11) is -3.76. The van der Waals surface area contributed by atoms with Crippen molar-refractivity contribution in [2.75, 3.05) is 50.0 Å². The second-order valence-electron chi connectivity index (χ2n) is 8.59. The van der Waals surface area contributed by atoms with Crippen molar-refractivity contribution in [3.8, 4) is 0 Å². The van der Waals surface area contributed by atoms with Gasteiger partial charge in [-0.25, -0.2) is 8.42 Å². The molecule has 2 amide bonds. The summed E-state index contributed by atoms with van der Waals surface area (Å²) in [6, 6.07) is 12.7. The number of sulfonamides is 1. The Morgan fingerprint density at radius 2 is 1.56 bits per heavy atom. The van der Waals surface area contributed by atoms with Crippen molar-refractivity contribution in [1.29, 1.82) is 0 Å². The third-order valence-electron chi connectivity index (χ3n) is 6.04. The molecule has 0 unspecified atom stereocenters. The maximum atomic E-state index is 13.1. The minimum Gasteiger partial charge on any atom is -0.379 e. The van der Waals surface area contributed by atoms with E-state index in [-0.39, 0.29) is 16.7 Å². The van der Waals surface area contributed by atoms with E-state index in [4.69, 9.17) is 4.74 Å². The van der Waals surface area contributed by atoms with Crippen LogP contribution in [0.25, 0.3) is 0 Å². The number of aryl methyl sites for hydroxylation is 1. The fourth-order valence-electron chi connectivity index (χ4n) is 4.16. The minimum absolute atomic E-state index is 0.110. The smallest absolute Gasteiger partial charge is 0.243 e. The highest BCUT2D eigenvalue weighted by atomic mass is 32.2. The predicted octanol–water partition coefficient (Wildman–Crippen LogP) is 2.06. The van der Waals surface area contributed by atoms with E-state index < -0.39 is 16.1 Å². The molecule has 0 radical (unpaired) electrons. The molecule has 10 heteroatoms. The summed E-state index contributed by atoms with van der Waals surface area (Å²) in [4.78, 5) is 27.4. The van der Waals surface area contributed by atoms with Crippen LogP contribution < -0.4 is 10.6 Å². The average molecular weight is 487 g/mol. The number of amides is 2. The molecule has 2 aliphatic rings. The summed E-state index contributed by atoms with van der Waals surface area (Å²) >= 11 is 0. The Balaban J connectivity index is 1.35. The number of nitrogens with zero attached hydrogens (tertiary/aromatic N) is 2. The molecule has 2 aromatic rings. The third kappa shape index (κ3) is 5.82. The Kier molecular flexibility index (Phi) is 7.62. The molecule has 2 aliphatic heterocycles. The number of anilines is 2. The van der Waals surface area contributed by atoms with E-state index in [1.807, 2.05) is 11.8 Å². The van der Waals surface area contributed by atoms with Gasteiger partial charge in [0.1, 0.15) is 6.04 Å². The first kappa shape index (κ1) is 24.3. The van der Waals surface area contributed by atoms with Gasteiger partial charge in [0.25, 0.3) is 0 Å². The highest BCUT2D eigenvalue weighted by Crippen LogP contribution is 2.27. The molecule has 2 fully saturated rings. The molecule has 2 saturated heterocycles. The van der Waals surface area contributed by atoms with Gasteiger partial charge in [0, 0.05) is 31.0 Å². The number of carbonyl (C=O) groups excluding carboxylic acids is 2. The molecule has 2 N–H and O–H groups in total. The second-order valence-corrected chi connectivity index (χ2v) is 10.5. The molecule has 4 rings (SSSR count). The van der Waals surface area contributed by atoms with Crippen molar-refractivity contribution in [2.24, 2.45) is 0 Å². The molecule has 2 aromatic carbocycles. The van der Waals surface area contributed by atoms with Crippen LogP contribution >= 0.6 is 0 Å². The Labute approximate surface area is 200 Å². The summed E-state index contributed by atoms with van der Waals surface area (Å²) in [5.74, 6) is -0.473. The van der Waals surface area contributed by atoms with Crippen molar-refractivity contribution < 1.29 is 22.7 Å². The fourth-order valence-corrected chi connectivity index (χ4v) is 5.82. The van der Waals surface area contributed by atoms with Crippen LogP contribution in [-0.4, -0.2) is 74.9 Å². The molecular weight excluding hydrogens is 456 g/mol. The highest BCUT2D eigenvalue weighted by molar-refractivity contribution is 7.89. The van der Waals surface area contributed by atoms with Gasteiger partial charge in [0.15, 0.2) is 0 Å². The maximum Gasteiger partial charge on any atom is 0.243 e. The summed E-state index contributed by atoms with van der Waals surface area (Å²) in [6.07, 6.45) is 1.09. The largest absolute Gasteiger partial charge is 0.379 e. The number of ether oxygens (including phenoxy) is 1. The topological polar surface area (TPSA) is 108 Å². The lowest BCUT2D eigenvalue weighted by Gasteiger charge is -2.25.